The molecule has 0 unspecified atom stereocenters. The number of oxazole rings is 1. The van der Waals surface area contributed by atoms with Crippen LogP contribution in [0.25, 0.3) is 11.1 Å². The molecule has 2 rings (SSSR count). The highest BCUT2D eigenvalue weighted by atomic mass is 35.5. The Balaban J connectivity index is 2.70. The zero-order valence-corrected chi connectivity index (χ0v) is 9.36. The van der Waals surface area contributed by atoms with E-state index >= 15 is 0 Å². The second kappa shape index (κ2) is 3.44. The molecule has 0 amide bonds. The smallest absolute Gasteiger partial charge is 0.198 e. The van der Waals surface area contributed by atoms with Crippen molar-refractivity contribution in [3.63, 3.8) is 0 Å². The Morgan fingerprint density at radius 3 is 2.64 bits per heavy atom. The summed E-state index contributed by atoms with van der Waals surface area (Å²) in [5, 5.41) is 1.09. The van der Waals surface area contributed by atoms with Crippen LogP contribution in [0.3, 0.4) is 0 Å². The van der Waals surface area contributed by atoms with Crippen LogP contribution in [0.4, 0.5) is 0 Å². The van der Waals surface area contributed by atoms with Gasteiger partial charge in [0.05, 0.1) is 5.02 Å². The summed E-state index contributed by atoms with van der Waals surface area (Å²) in [5.41, 5.74) is 1.32. The Hall–Kier alpha value is -0.730. The molecule has 0 atom stereocenters. The van der Waals surface area contributed by atoms with Gasteiger partial charge in [-0.2, -0.15) is 0 Å². The van der Waals surface area contributed by atoms with E-state index in [1.54, 1.807) is 12.1 Å². The van der Waals surface area contributed by atoms with E-state index in [4.69, 9.17) is 27.6 Å². The van der Waals surface area contributed by atoms with E-state index in [9.17, 15) is 0 Å². The summed E-state index contributed by atoms with van der Waals surface area (Å²) in [7, 11) is 0. The second-order valence-electron chi connectivity index (χ2n) is 3.44. The molecule has 0 radical (unpaired) electrons. The van der Waals surface area contributed by atoms with Gasteiger partial charge in [-0.15, -0.1) is 0 Å². The zero-order chi connectivity index (χ0) is 10.3. The fourth-order valence-corrected chi connectivity index (χ4v) is 1.74. The van der Waals surface area contributed by atoms with Crippen molar-refractivity contribution < 1.29 is 4.42 Å². The fourth-order valence-electron chi connectivity index (χ4n) is 1.22. The standard InChI is InChI=1S/C10H9Cl2NO/c1-5(2)10-13-9-7(12)3-6(11)4-8(9)14-10/h3-5H,1-2H3. The third kappa shape index (κ3) is 1.60. The molecular formula is C10H9Cl2NO. The van der Waals surface area contributed by atoms with Gasteiger partial charge in [0.2, 0.25) is 0 Å². The third-order valence-corrected chi connectivity index (χ3v) is 2.43. The maximum Gasteiger partial charge on any atom is 0.198 e. The minimum atomic E-state index is 0.247. The average Bonchev–Trinajstić information content (AvgIpc) is 2.47. The van der Waals surface area contributed by atoms with Gasteiger partial charge in [0, 0.05) is 17.0 Å². The van der Waals surface area contributed by atoms with Gasteiger partial charge in [-0.05, 0) is 6.07 Å². The van der Waals surface area contributed by atoms with E-state index in [1.165, 1.54) is 0 Å². The number of benzene rings is 1. The predicted octanol–water partition coefficient (Wildman–Crippen LogP) is 4.26. The minimum absolute atomic E-state index is 0.247. The molecule has 1 aromatic heterocycles. The molecule has 2 nitrogen and oxygen atoms in total. The number of halogens is 2. The first kappa shape index (κ1) is 9.81. The summed E-state index contributed by atoms with van der Waals surface area (Å²) >= 11 is 11.8. The lowest BCUT2D eigenvalue weighted by Gasteiger charge is -1.93. The van der Waals surface area contributed by atoms with Crippen molar-refractivity contribution in [1.82, 2.24) is 4.98 Å². The first-order chi connectivity index (χ1) is 6.58. The number of fused-ring (bicyclic) bond motifs is 1. The summed E-state index contributed by atoms with van der Waals surface area (Å²) in [6.07, 6.45) is 0. The van der Waals surface area contributed by atoms with Crippen LogP contribution in [-0.2, 0) is 0 Å². The second-order valence-corrected chi connectivity index (χ2v) is 4.28. The lowest BCUT2D eigenvalue weighted by Crippen LogP contribution is -1.84. The highest BCUT2D eigenvalue weighted by molar-refractivity contribution is 6.38. The molecule has 0 aliphatic rings. The van der Waals surface area contributed by atoms with Gasteiger partial charge in [-0.3, -0.25) is 0 Å². The molecule has 0 N–H and O–H groups in total. The number of aromatic nitrogens is 1. The first-order valence-electron chi connectivity index (χ1n) is 4.33. The van der Waals surface area contributed by atoms with E-state index in [2.05, 4.69) is 4.98 Å². The van der Waals surface area contributed by atoms with Gasteiger partial charge in [-0.1, -0.05) is 37.0 Å². The van der Waals surface area contributed by atoms with E-state index in [-0.39, 0.29) is 5.92 Å². The van der Waals surface area contributed by atoms with E-state index in [0.717, 1.165) is 0 Å². The summed E-state index contributed by atoms with van der Waals surface area (Å²) in [6.45, 7) is 4.03. The van der Waals surface area contributed by atoms with Crippen LogP contribution in [0.2, 0.25) is 10.0 Å². The molecule has 14 heavy (non-hydrogen) atoms. The highest BCUT2D eigenvalue weighted by Gasteiger charge is 2.12. The zero-order valence-electron chi connectivity index (χ0n) is 7.84. The Kier molecular flexibility index (Phi) is 2.41. The van der Waals surface area contributed by atoms with Crippen LogP contribution in [0.15, 0.2) is 16.5 Å². The fraction of sp³-hybridized carbons (Fsp3) is 0.300. The van der Waals surface area contributed by atoms with Gasteiger partial charge < -0.3 is 4.42 Å². The Morgan fingerprint density at radius 1 is 1.29 bits per heavy atom. The van der Waals surface area contributed by atoms with E-state index < -0.39 is 0 Å². The average molecular weight is 230 g/mol. The molecule has 0 fully saturated rings. The number of hydrogen-bond acceptors (Lipinski definition) is 2. The summed E-state index contributed by atoms with van der Waals surface area (Å²) in [6, 6.07) is 3.39. The van der Waals surface area contributed by atoms with Gasteiger partial charge in [0.15, 0.2) is 11.5 Å². The molecule has 74 valence electrons. The predicted molar refractivity (Wildman–Crippen MR) is 58.1 cm³/mol. The van der Waals surface area contributed by atoms with Crippen molar-refractivity contribution in [3.8, 4) is 0 Å². The molecule has 0 spiro atoms. The van der Waals surface area contributed by atoms with Crippen LogP contribution in [0.5, 0.6) is 0 Å². The van der Waals surface area contributed by atoms with Crippen molar-refractivity contribution in [2.75, 3.05) is 0 Å². The van der Waals surface area contributed by atoms with Crippen LogP contribution in [0.1, 0.15) is 25.7 Å². The molecule has 0 bridgehead atoms. The Labute approximate surface area is 91.8 Å². The molecule has 0 saturated heterocycles. The van der Waals surface area contributed by atoms with E-state index in [1.807, 2.05) is 13.8 Å². The maximum atomic E-state index is 5.97. The summed E-state index contributed by atoms with van der Waals surface area (Å²) in [4.78, 5) is 4.30. The van der Waals surface area contributed by atoms with Crippen LogP contribution in [-0.4, -0.2) is 4.98 Å². The molecule has 1 heterocycles. The first-order valence-corrected chi connectivity index (χ1v) is 5.09. The van der Waals surface area contributed by atoms with Gasteiger partial charge in [0.25, 0.3) is 0 Å². The quantitative estimate of drug-likeness (QED) is 0.731. The molecule has 0 aliphatic carbocycles. The SMILES string of the molecule is CC(C)c1nc2c(Cl)cc(Cl)cc2o1. The molecule has 2 aromatic rings. The molecular weight excluding hydrogens is 221 g/mol. The normalized spacial score (nSPS) is 11.5. The van der Waals surface area contributed by atoms with Gasteiger partial charge in [0.1, 0.15) is 5.52 Å². The summed E-state index contributed by atoms with van der Waals surface area (Å²) < 4.78 is 5.51. The van der Waals surface area contributed by atoms with Crippen molar-refractivity contribution in [3.05, 3.63) is 28.1 Å². The maximum absolute atomic E-state index is 5.97. The van der Waals surface area contributed by atoms with Crippen LogP contribution in [0, 0.1) is 0 Å². The minimum Gasteiger partial charge on any atom is -0.440 e. The van der Waals surface area contributed by atoms with Crippen molar-refractivity contribution >= 4 is 34.3 Å². The monoisotopic (exact) mass is 229 g/mol. The molecule has 1 aromatic carbocycles. The van der Waals surface area contributed by atoms with E-state index in [0.29, 0.717) is 27.0 Å². The Morgan fingerprint density at radius 2 is 2.00 bits per heavy atom. The highest BCUT2D eigenvalue weighted by Crippen LogP contribution is 2.29. The largest absolute Gasteiger partial charge is 0.440 e. The molecule has 0 saturated carbocycles. The molecule has 4 heteroatoms. The third-order valence-electron chi connectivity index (χ3n) is 1.92. The number of rotatable bonds is 1. The lowest BCUT2D eigenvalue weighted by molar-refractivity contribution is 0.501. The van der Waals surface area contributed by atoms with Gasteiger partial charge >= 0.3 is 0 Å². The Bertz CT molecular complexity index is 476. The number of hydrogen-bond donors (Lipinski definition) is 0. The topological polar surface area (TPSA) is 26.0 Å². The summed E-state index contributed by atoms with van der Waals surface area (Å²) in [5.74, 6) is 0.932. The van der Waals surface area contributed by atoms with Crippen molar-refractivity contribution in [2.45, 2.75) is 19.8 Å². The van der Waals surface area contributed by atoms with Crippen LogP contribution < -0.4 is 0 Å². The van der Waals surface area contributed by atoms with Crippen molar-refractivity contribution in [1.29, 1.82) is 0 Å². The van der Waals surface area contributed by atoms with Crippen molar-refractivity contribution in [2.24, 2.45) is 0 Å². The molecule has 0 aliphatic heterocycles. The lowest BCUT2D eigenvalue weighted by atomic mass is 10.2. The van der Waals surface area contributed by atoms with Crippen LogP contribution >= 0.6 is 23.2 Å². The number of nitrogens with zero attached hydrogens (tertiary/aromatic N) is 1. The van der Waals surface area contributed by atoms with Gasteiger partial charge in [-0.25, -0.2) is 4.98 Å².